The van der Waals surface area contributed by atoms with Crippen LogP contribution in [-0.2, 0) is 0 Å². The van der Waals surface area contributed by atoms with E-state index in [0.717, 1.165) is 6.42 Å². The van der Waals surface area contributed by atoms with Crippen LogP contribution < -0.4 is 0 Å². The summed E-state index contributed by atoms with van der Waals surface area (Å²) in [5.41, 5.74) is 0. The second-order valence-electron chi connectivity index (χ2n) is 1.83. The molecule has 0 atom stereocenters. The van der Waals surface area contributed by atoms with Crippen LogP contribution >= 0.6 is 11.3 Å². The fourth-order valence-electron chi connectivity index (χ4n) is 0.620. The van der Waals surface area contributed by atoms with Gasteiger partial charge in [0.25, 0.3) is 0 Å². The van der Waals surface area contributed by atoms with E-state index in [4.69, 9.17) is 0 Å². The van der Waals surface area contributed by atoms with Crippen LogP contribution in [0.2, 0.25) is 0 Å². The van der Waals surface area contributed by atoms with Crippen LogP contribution in [0.4, 0.5) is 0 Å². The van der Waals surface area contributed by atoms with Crippen molar-refractivity contribution in [3.8, 4) is 0 Å². The Morgan fingerprint density at radius 3 is 3.11 bits per heavy atom. The summed E-state index contributed by atoms with van der Waals surface area (Å²) in [4.78, 5) is 1.34. The van der Waals surface area contributed by atoms with Crippen LogP contribution in [0.15, 0.2) is 23.6 Å². The van der Waals surface area contributed by atoms with Crippen LogP contribution in [-0.4, -0.2) is 0 Å². The standard InChI is InChI=1S/C8H10S/c1-2-3-5-8-6-4-7-9-8/h3-7H,2H2,1H3. The molecule has 0 radical (unpaired) electrons. The summed E-state index contributed by atoms with van der Waals surface area (Å²) in [5.74, 6) is 0. The van der Waals surface area contributed by atoms with E-state index in [1.54, 1.807) is 11.3 Å². The van der Waals surface area contributed by atoms with E-state index in [0.29, 0.717) is 0 Å². The molecule has 1 aromatic heterocycles. The quantitative estimate of drug-likeness (QED) is 0.589. The molecule has 1 heteroatoms. The smallest absolute Gasteiger partial charge is 0.0267 e. The van der Waals surface area contributed by atoms with E-state index in [2.05, 4.69) is 36.6 Å². The lowest BCUT2D eigenvalue weighted by Gasteiger charge is -1.78. The van der Waals surface area contributed by atoms with Crippen molar-refractivity contribution in [2.75, 3.05) is 0 Å². The largest absolute Gasteiger partial charge is 0.144 e. The van der Waals surface area contributed by atoms with Gasteiger partial charge in [0.15, 0.2) is 0 Å². The van der Waals surface area contributed by atoms with Gasteiger partial charge in [0, 0.05) is 4.88 Å². The summed E-state index contributed by atoms with van der Waals surface area (Å²) in [5, 5.41) is 2.09. The van der Waals surface area contributed by atoms with Gasteiger partial charge in [-0.25, -0.2) is 0 Å². The Morgan fingerprint density at radius 1 is 1.67 bits per heavy atom. The minimum atomic E-state index is 1.12. The van der Waals surface area contributed by atoms with Gasteiger partial charge in [-0.05, 0) is 23.9 Å². The van der Waals surface area contributed by atoms with E-state index in [1.807, 2.05) is 0 Å². The SMILES string of the molecule is CCC=Cc1cccs1. The minimum Gasteiger partial charge on any atom is -0.144 e. The highest BCUT2D eigenvalue weighted by Gasteiger charge is 1.81. The van der Waals surface area contributed by atoms with Crippen molar-refractivity contribution in [1.82, 2.24) is 0 Å². The zero-order valence-corrected chi connectivity index (χ0v) is 6.32. The summed E-state index contributed by atoms with van der Waals surface area (Å²) in [6.07, 6.45) is 5.45. The number of hydrogen-bond acceptors (Lipinski definition) is 1. The van der Waals surface area contributed by atoms with Gasteiger partial charge >= 0.3 is 0 Å². The molecule has 9 heavy (non-hydrogen) atoms. The molecule has 0 nitrogen and oxygen atoms in total. The van der Waals surface area contributed by atoms with Gasteiger partial charge in [0.2, 0.25) is 0 Å². The topological polar surface area (TPSA) is 0 Å². The van der Waals surface area contributed by atoms with Crippen LogP contribution in [0, 0.1) is 0 Å². The van der Waals surface area contributed by atoms with E-state index in [-0.39, 0.29) is 0 Å². The van der Waals surface area contributed by atoms with Crippen LogP contribution in [0.3, 0.4) is 0 Å². The Bertz CT molecular complexity index is 172. The molecule has 1 aromatic rings. The van der Waals surface area contributed by atoms with Crippen molar-refractivity contribution >= 4 is 17.4 Å². The fraction of sp³-hybridized carbons (Fsp3) is 0.250. The predicted octanol–water partition coefficient (Wildman–Crippen LogP) is 3.17. The van der Waals surface area contributed by atoms with Crippen LogP contribution in [0.25, 0.3) is 6.08 Å². The molecule has 0 aliphatic rings. The third-order valence-electron chi connectivity index (χ3n) is 1.06. The highest BCUT2D eigenvalue weighted by Crippen LogP contribution is 2.09. The molecule has 0 aliphatic heterocycles. The lowest BCUT2D eigenvalue weighted by molar-refractivity contribution is 1.23. The van der Waals surface area contributed by atoms with Crippen LogP contribution in [0.1, 0.15) is 18.2 Å². The predicted molar refractivity (Wildman–Crippen MR) is 43.6 cm³/mol. The Balaban J connectivity index is 2.57. The molecule has 0 spiro atoms. The van der Waals surface area contributed by atoms with Gasteiger partial charge in [0.05, 0.1) is 0 Å². The lowest BCUT2D eigenvalue weighted by atomic mass is 10.4. The maximum absolute atomic E-state index is 2.17. The fourth-order valence-corrected chi connectivity index (χ4v) is 1.27. The Hall–Kier alpha value is -0.560. The molecule has 0 fully saturated rings. The minimum absolute atomic E-state index is 1.12. The third-order valence-corrected chi connectivity index (χ3v) is 1.90. The Morgan fingerprint density at radius 2 is 2.56 bits per heavy atom. The first-order chi connectivity index (χ1) is 4.43. The summed E-state index contributed by atoms with van der Waals surface area (Å²) >= 11 is 1.78. The molecule has 0 N–H and O–H groups in total. The molecule has 1 heterocycles. The summed E-state index contributed by atoms with van der Waals surface area (Å²) in [7, 11) is 0. The first-order valence-electron chi connectivity index (χ1n) is 3.13. The van der Waals surface area contributed by atoms with Gasteiger partial charge in [-0.1, -0.05) is 19.1 Å². The van der Waals surface area contributed by atoms with E-state index >= 15 is 0 Å². The number of hydrogen-bond donors (Lipinski definition) is 0. The van der Waals surface area contributed by atoms with Crippen molar-refractivity contribution in [2.24, 2.45) is 0 Å². The van der Waals surface area contributed by atoms with Crippen LogP contribution in [0.5, 0.6) is 0 Å². The molecule has 0 unspecified atom stereocenters. The molecule has 0 saturated heterocycles. The molecule has 0 saturated carbocycles. The average Bonchev–Trinajstić information content (AvgIpc) is 2.34. The van der Waals surface area contributed by atoms with Crippen molar-refractivity contribution < 1.29 is 0 Å². The summed E-state index contributed by atoms with van der Waals surface area (Å²) in [6, 6.07) is 4.19. The maximum Gasteiger partial charge on any atom is 0.0267 e. The molecule has 0 amide bonds. The van der Waals surface area contributed by atoms with Gasteiger partial charge in [-0.15, -0.1) is 11.3 Å². The normalized spacial score (nSPS) is 10.8. The van der Waals surface area contributed by atoms with Gasteiger partial charge in [-0.2, -0.15) is 0 Å². The molecule has 0 bridgehead atoms. The average molecular weight is 138 g/mol. The molecule has 1 rings (SSSR count). The van der Waals surface area contributed by atoms with Gasteiger partial charge in [-0.3, -0.25) is 0 Å². The molecule has 0 aromatic carbocycles. The third kappa shape index (κ3) is 2.02. The Kier molecular flexibility index (Phi) is 2.52. The van der Waals surface area contributed by atoms with E-state index < -0.39 is 0 Å². The summed E-state index contributed by atoms with van der Waals surface area (Å²) < 4.78 is 0. The van der Waals surface area contributed by atoms with Crippen molar-refractivity contribution in [3.63, 3.8) is 0 Å². The van der Waals surface area contributed by atoms with E-state index in [9.17, 15) is 0 Å². The zero-order valence-electron chi connectivity index (χ0n) is 5.50. The second-order valence-corrected chi connectivity index (χ2v) is 2.81. The number of rotatable bonds is 2. The number of allylic oxidation sites excluding steroid dienone is 1. The zero-order chi connectivity index (χ0) is 6.53. The first-order valence-corrected chi connectivity index (χ1v) is 4.01. The monoisotopic (exact) mass is 138 g/mol. The molecular weight excluding hydrogens is 128 g/mol. The lowest BCUT2D eigenvalue weighted by Crippen LogP contribution is -1.54. The Labute approximate surface area is 59.8 Å². The molecule has 48 valence electrons. The maximum atomic E-state index is 2.17. The van der Waals surface area contributed by atoms with Crippen molar-refractivity contribution in [3.05, 3.63) is 28.5 Å². The van der Waals surface area contributed by atoms with Crippen molar-refractivity contribution in [2.45, 2.75) is 13.3 Å². The molecule has 0 aliphatic carbocycles. The molecular formula is C8H10S. The van der Waals surface area contributed by atoms with Gasteiger partial charge < -0.3 is 0 Å². The second kappa shape index (κ2) is 3.46. The highest BCUT2D eigenvalue weighted by molar-refractivity contribution is 7.10. The van der Waals surface area contributed by atoms with E-state index in [1.165, 1.54) is 4.88 Å². The first kappa shape index (κ1) is 6.56. The highest BCUT2D eigenvalue weighted by atomic mass is 32.1. The van der Waals surface area contributed by atoms with Crippen molar-refractivity contribution in [1.29, 1.82) is 0 Å². The number of thiophene rings is 1. The summed E-state index contributed by atoms with van der Waals surface area (Å²) in [6.45, 7) is 2.14. The van der Waals surface area contributed by atoms with Gasteiger partial charge in [0.1, 0.15) is 0 Å².